The Hall–Kier alpha value is -2.86. The highest BCUT2D eigenvalue weighted by Gasteiger charge is 2.10. The molecule has 2 rings (SSSR count). The molecule has 7 heteroatoms. The first-order valence-electron chi connectivity index (χ1n) is 9.19. The molecule has 0 aliphatic carbocycles. The van der Waals surface area contributed by atoms with Crippen molar-refractivity contribution in [1.82, 2.24) is 0 Å². The minimum Gasteiger partial charge on any atom is -0.494 e. The minimum atomic E-state index is -0.654. The first-order valence-corrected chi connectivity index (χ1v) is 9.56. The molecule has 0 atom stereocenters. The molecule has 0 aliphatic rings. The topological polar surface area (TPSA) is 61.8 Å². The van der Waals surface area contributed by atoms with Gasteiger partial charge in [-0.2, -0.15) is 0 Å². The second-order valence-electron chi connectivity index (χ2n) is 6.12. The fraction of sp³-hybridized carbons (Fsp3) is 0.273. The van der Waals surface area contributed by atoms with Gasteiger partial charge in [0.2, 0.25) is 0 Å². The lowest BCUT2D eigenvalue weighted by Crippen LogP contribution is -2.08. The van der Waals surface area contributed by atoms with Crippen LogP contribution in [0.25, 0.3) is 0 Å². The number of unbranched alkanes of at least 4 members (excludes halogenated alkanes) is 3. The molecule has 0 spiro atoms. The summed E-state index contributed by atoms with van der Waals surface area (Å²) >= 11 is 5.60. The molecular weight excluding hydrogens is 399 g/mol. The molecule has 0 N–H and O–H groups in total. The van der Waals surface area contributed by atoms with Gasteiger partial charge in [0.1, 0.15) is 17.3 Å². The normalized spacial score (nSPS) is 10.3. The molecule has 0 saturated heterocycles. The van der Waals surface area contributed by atoms with E-state index in [0.717, 1.165) is 37.8 Å². The molecule has 0 heterocycles. The first kappa shape index (κ1) is 22.4. The van der Waals surface area contributed by atoms with Crippen LogP contribution in [0, 0.1) is 5.82 Å². The zero-order valence-corrected chi connectivity index (χ0v) is 16.6. The van der Waals surface area contributed by atoms with E-state index in [4.69, 9.17) is 25.8 Å². The van der Waals surface area contributed by atoms with Crippen molar-refractivity contribution in [2.75, 3.05) is 13.2 Å². The summed E-state index contributed by atoms with van der Waals surface area (Å²) in [5.74, 6) is -0.939. The average molecular weight is 421 g/mol. The van der Waals surface area contributed by atoms with Gasteiger partial charge in [0, 0.05) is 12.1 Å². The number of halogens is 2. The van der Waals surface area contributed by atoms with Crippen LogP contribution < -0.4 is 9.47 Å². The van der Waals surface area contributed by atoms with Gasteiger partial charge in [-0.1, -0.05) is 18.2 Å². The molecule has 154 valence electrons. The number of rotatable bonds is 11. The zero-order valence-electron chi connectivity index (χ0n) is 15.9. The quantitative estimate of drug-likeness (QED) is 0.212. The van der Waals surface area contributed by atoms with Gasteiger partial charge in [0.25, 0.3) is 0 Å². The molecule has 0 fully saturated rings. The maximum atomic E-state index is 13.4. The minimum absolute atomic E-state index is 0.0394. The van der Waals surface area contributed by atoms with E-state index in [1.807, 2.05) is 0 Å². The van der Waals surface area contributed by atoms with Gasteiger partial charge in [-0.15, -0.1) is 0 Å². The van der Waals surface area contributed by atoms with Crippen LogP contribution in [0.5, 0.6) is 11.5 Å². The summed E-state index contributed by atoms with van der Waals surface area (Å²) in [6.45, 7) is 4.27. The zero-order chi connectivity index (χ0) is 21.1. The number of hydrogen-bond acceptors (Lipinski definition) is 5. The predicted octanol–water partition coefficient (Wildman–Crippen LogP) is 5.37. The van der Waals surface area contributed by atoms with Crippen molar-refractivity contribution in [3.05, 3.63) is 71.5 Å². The van der Waals surface area contributed by atoms with Crippen LogP contribution in [-0.2, 0) is 9.53 Å². The molecule has 0 radical (unpaired) electrons. The van der Waals surface area contributed by atoms with Gasteiger partial charge < -0.3 is 14.2 Å². The fourth-order valence-corrected chi connectivity index (χ4v) is 2.49. The molecule has 0 aromatic heterocycles. The molecule has 0 unspecified atom stereocenters. The Morgan fingerprint density at radius 2 is 1.62 bits per heavy atom. The van der Waals surface area contributed by atoms with Crippen molar-refractivity contribution in [3.63, 3.8) is 0 Å². The van der Waals surface area contributed by atoms with E-state index in [2.05, 4.69) is 6.58 Å². The summed E-state index contributed by atoms with van der Waals surface area (Å²) < 4.78 is 29.1. The maximum Gasteiger partial charge on any atom is 0.343 e. The summed E-state index contributed by atoms with van der Waals surface area (Å²) in [4.78, 5) is 23.0. The molecule has 0 amide bonds. The predicted molar refractivity (Wildman–Crippen MR) is 108 cm³/mol. The van der Waals surface area contributed by atoms with Crippen molar-refractivity contribution in [2.45, 2.75) is 25.7 Å². The smallest absolute Gasteiger partial charge is 0.343 e. The van der Waals surface area contributed by atoms with E-state index in [-0.39, 0.29) is 10.8 Å². The number of carbonyl (C=O) groups excluding carboxylic acids is 2. The van der Waals surface area contributed by atoms with Gasteiger partial charge in [-0.05, 0) is 62.1 Å². The Balaban J connectivity index is 1.67. The van der Waals surface area contributed by atoms with Gasteiger partial charge >= 0.3 is 11.9 Å². The molecule has 0 saturated carbocycles. The Bertz CT molecular complexity index is 836. The van der Waals surface area contributed by atoms with Gasteiger partial charge in [-0.25, -0.2) is 14.0 Å². The van der Waals surface area contributed by atoms with Gasteiger partial charge in [0.05, 0.1) is 23.8 Å². The highest BCUT2D eigenvalue weighted by Crippen LogP contribution is 2.22. The number of hydrogen-bond donors (Lipinski definition) is 0. The van der Waals surface area contributed by atoms with Crippen LogP contribution in [-0.4, -0.2) is 25.2 Å². The first-order chi connectivity index (χ1) is 14.0. The van der Waals surface area contributed by atoms with Gasteiger partial charge in [-0.3, -0.25) is 0 Å². The highest BCUT2D eigenvalue weighted by atomic mass is 35.5. The van der Waals surface area contributed by atoms with Crippen LogP contribution in [0.3, 0.4) is 0 Å². The molecule has 0 bridgehead atoms. The lowest BCUT2D eigenvalue weighted by molar-refractivity contribution is -0.137. The van der Waals surface area contributed by atoms with E-state index in [1.54, 1.807) is 24.3 Å². The van der Waals surface area contributed by atoms with E-state index in [0.29, 0.717) is 24.5 Å². The Morgan fingerprint density at radius 3 is 2.28 bits per heavy atom. The largest absolute Gasteiger partial charge is 0.494 e. The molecule has 5 nitrogen and oxygen atoms in total. The Morgan fingerprint density at radius 1 is 0.966 bits per heavy atom. The van der Waals surface area contributed by atoms with Gasteiger partial charge in [0.15, 0.2) is 0 Å². The number of benzene rings is 2. The van der Waals surface area contributed by atoms with Crippen LogP contribution in [0.4, 0.5) is 4.39 Å². The van der Waals surface area contributed by atoms with Crippen LogP contribution in [0.1, 0.15) is 36.0 Å². The molecule has 2 aromatic rings. The molecular formula is C22H22ClFO5. The van der Waals surface area contributed by atoms with E-state index >= 15 is 0 Å². The van der Waals surface area contributed by atoms with Crippen LogP contribution >= 0.6 is 11.6 Å². The maximum absolute atomic E-state index is 13.4. The van der Waals surface area contributed by atoms with E-state index in [9.17, 15) is 14.0 Å². The second-order valence-corrected chi connectivity index (χ2v) is 6.53. The number of carbonyl (C=O) groups is 2. The van der Waals surface area contributed by atoms with Crippen LogP contribution in [0.2, 0.25) is 5.02 Å². The summed E-state index contributed by atoms with van der Waals surface area (Å²) in [6.07, 6.45) is 4.70. The van der Waals surface area contributed by atoms with Crippen molar-refractivity contribution < 1.29 is 28.2 Å². The molecule has 0 aliphatic heterocycles. The third-order valence-electron chi connectivity index (χ3n) is 3.91. The second kappa shape index (κ2) is 11.9. The summed E-state index contributed by atoms with van der Waals surface area (Å²) in [5, 5.41) is -0.0394. The third kappa shape index (κ3) is 7.95. The SMILES string of the molecule is C=CC(=O)OCCCCCCOc1ccc(C(=O)Oc2ccc(Cl)c(F)c2)cc1. The molecule has 29 heavy (non-hydrogen) atoms. The summed E-state index contributed by atoms with van der Waals surface area (Å²) in [6, 6.07) is 10.3. The summed E-state index contributed by atoms with van der Waals surface area (Å²) in [5.41, 5.74) is 0.321. The lowest BCUT2D eigenvalue weighted by atomic mass is 10.2. The third-order valence-corrected chi connectivity index (χ3v) is 4.22. The summed E-state index contributed by atoms with van der Waals surface area (Å²) in [7, 11) is 0. The van der Waals surface area contributed by atoms with Crippen molar-refractivity contribution in [1.29, 1.82) is 0 Å². The van der Waals surface area contributed by atoms with E-state index in [1.165, 1.54) is 12.1 Å². The molecule has 2 aromatic carbocycles. The van der Waals surface area contributed by atoms with Crippen LogP contribution in [0.15, 0.2) is 55.1 Å². The average Bonchev–Trinajstić information content (AvgIpc) is 2.72. The lowest BCUT2D eigenvalue weighted by Gasteiger charge is -2.08. The van der Waals surface area contributed by atoms with Crippen molar-refractivity contribution in [3.8, 4) is 11.5 Å². The Kier molecular flexibility index (Phi) is 9.18. The fourth-order valence-electron chi connectivity index (χ4n) is 2.37. The highest BCUT2D eigenvalue weighted by molar-refractivity contribution is 6.30. The Labute approximate surface area is 174 Å². The number of esters is 2. The monoisotopic (exact) mass is 420 g/mol. The standard InChI is InChI=1S/C22H22ClFO5/c1-2-21(25)28-14-6-4-3-5-13-27-17-9-7-16(8-10-17)22(26)29-18-11-12-19(23)20(24)15-18/h2,7-12,15H,1,3-6,13-14H2. The van der Waals surface area contributed by atoms with E-state index < -0.39 is 17.8 Å². The number of ether oxygens (including phenoxy) is 3. The van der Waals surface area contributed by atoms with Crippen molar-refractivity contribution >= 4 is 23.5 Å². The van der Waals surface area contributed by atoms with Crippen molar-refractivity contribution in [2.24, 2.45) is 0 Å².